The van der Waals surface area contributed by atoms with E-state index >= 15 is 0 Å². The third-order valence-electron chi connectivity index (χ3n) is 7.09. The van der Waals surface area contributed by atoms with Crippen molar-refractivity contribution in [3.8, 4) is 23.0 Å². The fraction of sp³-hybridized carbons (Fsp3) is 0.267. The van der Waals surface area contributed by atoms with Crippen LogP contribution in [0, 0.1) is 37.3 Å². The van der Waals surface area contributed by atoms with Crippen LogP contribution < -0.4 is 5.32 Å². The number of aromatic nitrogens is 1. The van der Waals surface area contributed by atoms with E-state index in [-0.39, 0.29) is 11.5 Å². The summed E-state index contributed by atoms with van der Waals surface area (Å²) in [5.74, 6) is 4.68. The molecule has 0 saturated carbocycles. The molecule has 1 aromatic heterocycles. The minimum atomic E-state index is -0.667. The molecular formula is C30H28F2N2O. The highest BCUT2D eigenvalue weighted by atomic mass is 19.1. The van der Waals surface area contributed by atoms with Gasteiger partial charge < -0.3 is 15.4 Å². The van der Waals surface area contributed by atoms with Gasteiger partial charge in [-0.1, -0.05) is 37.0 Å². The molecule has 3 nitrogen and oxygen atoms in total. The van der Waals surface area contributed by atoms with Crippen LogP contribution in [0.2, 0.25) is 0 Å². The maximum Gasteiger partial charge on any atom is 0.127 e. The quantitative estimate of drug-likeness (QED) is 0.268. The van der Waals surface area contributed by atoms with Crippen LogP contribution in [0.25, 0.3) is 22.0 Å². The number of fused-ring (bicyclic) bond motifs is 2. The molecule has 5 heteroatoms. The largest absolute Gasteiger partial charge is 0.390 e. The SMILES string of the molecule is Cc1cc(-c2cccc3c(C)c[nH]c23)c(C#Cc2cc(F)cc(F)c2)c2c1NC(C)(C)C(O)[C@H]2C. The molecular weight excluding hydrogens is 442 g/mol. The smallest absolute Gasteiger partial charge is 0.127 e. The Balaban J connectivity index is 1.83. The number of aliphatic hydroxyl groups is 1. The number of aryl methyl sites for hydroxylation is 2. The van der Waals surface area contributed by atoms with Crippen LogP contribution in [-0.4, -0.2) is 21.7 Å². The van der Waals surface area contributed by atoms with Gasteiger partial charge in [0.15, 0.2) is 0 Å². The zero-order chi connectivity index (χ0) is 25.1. The summed E-state index contributed by atoms with van der Waals surface area (Å²) in [6.07, 6.45) is 1.33. The molecule has 4 aromatic rings. The molecule has 0 radical (unpaired) electrons. The molecule has 178 valence electrons. The first-order valence-corrected chi connectivity index (χ1v) is 11.8. The van der Waals surface area contributed by atoms with E-state index in [2.05, 4.69) is 48.1 Å². The van der Waals surface area contributed by atoms with Gasteiger partial charge in [0, 0.05) is 51.5 Å². The summed E-state index contributed by atoms with van der Waals surface area (Å²) in [5, 5.41) is 15.8. The Morgan fingerprint density at radius 1 is 0.943 bits per heavy atom. The van der Waals surface area contributed by atoms with Crippen molar-refractivity contribution in [1.29, 1.82) is 0 Å². The van der Waals surface area contributed by atoms with E-state index in [4.69, 9.17) is 0 Å². The second-order valence-electron chi connectivity index (χ2n) is 10.1. The van der Waals surface area contributed by atoms with Crippen LogP contribution in [0.5, 0.6) is 0 Å². The summed E-state index contributed by atoms with van der Waals surface area (Å²) in [5.41, 5.74) is 7.43. The number of hydrogen-bond donors (Lipinski definition) is 3. The van der Waals surface area contributed by atoms with Crippen LogP contribution in [-0.2, 0) is 0 Å². The molecule has 0 fully saturated rings. The molecule has 3 N–H and O–H groups in total. The number of halogens is 2. The fourth-order valence-corrected chi connectivity index (χ4v) is 5.27. The average molecular weight is 471 g/mol. The second-order valence-corrected chi connectivity index (χ2v) is 10.1. The number of nitrogens with one attached hydrogen (secondary N) is 2. The topological polar surface area (TPSA) is 48.0 Å². The highest BCUT2D eigenvalue weighted by Gasteiger charge is 2.40. The van der Waals surface area contributed by atoms with Gasteiger partial charge >= 0.3 is 0 Å². The Kier molecular flexibility index (Phi) is 5.45. The van der Waals surface area contributed by atoms with Crippen molar-refractivity contribution in [1.82, 2.24) is 4.98 Å². The number of para-hydroxylation sites is 1. The van der Waals surface area contributed by atoms with Gasteiger partial charge in [-0.25, -0.2) is 8.78 Å². The van der Waals surface area contributed by atoms with E-state index in [1.54, 1.807) is 0 Å². The maximum absolute atomic E-state index is 13.8. The lowest BCUT2D eigenvalue weighted by atomic mass is 9.75. The van der Waals surface area contributed by atoms with Gasteiger partial charge in [-0.05, 0) is 62.6 Å². The molecule has 2 atom stereocenters. The van der Waals surface area contributed by atoms with Crippen LogP contribution >= 0.6 is 0 Å². The number of hydrogen-bond acceptors (Lipinski definition) is 2. The molecule has 35 heavy (non-hydrogen) atoms. The highest BCUT2D eigenvalue weighted by Crippen LogP contribution is 2.46. The predicted octanol–water partition coefficient (Wildman–Crippen LogP) is 6.80. The molecule has 2 heterocycles. The normalized spacial score (nSPS) is 18.5. The van der Waals surface area contributed by atoms with Gasteiger partial charge in [-0.2, -0.15) is 0 Å². The minimum Gasteiger partial charge on any atom is -0.390 e. The molecule has 5 rings (SSSR count). The van der Waals surface area contributed by atoms with E-state index in [1.165, 1.54) is 12.1 Å². The van der Waals surface area contributed by atoms with Crippen molar-refractivity contribution in [2.75, 3.05) is 5.32 Å². The second kappa shape index (κ2) is 8.25. The first-order chi connectivity index (χ1) is 16.6. The number of rotatable bonds is 1. The number of H-pyrrole nitrogens is 1. The van der Waals surface area contributed by atoms with Crippen LogP contribution in [0.4, 0.5) is 14.5 Å². The van der Waals surface area contributed by atoms with Crippen molar-refractivity contribution in [2.24, 2.45) is 0 Å². The number of aliphatic hydroxyl groups excluding tert-OH is 1. The van der Waals surface area contributed by atoms with Crippen molar-refractivity contribution in [3.05, 3.63) is 88.1 Å². The Labute approximate surface area is 204 Å². The van der Waals surface area contributed by atoms with Crippen LogP contribution in [0.1, 0.15) is 54.5 Å². The van der Waals surface area contributed by atoms with Gasteiger partial charge in [0.05, 0.1) is 17.2 Å². The van der Waals surface area contributed by atoms with E-state index in [0.29, 0.717) is 0 Å². The lowest BCUT2D eigenvalue weighted by Gasteiger charge is -2.43. The van der Waals surface area contributed by atoms with E-state index in [9.17, 15) is 13.9 Å². The minimum absolute atomic E-state index is 0.210. The van der Waals surface area contributed by atoms with Gasteiger partial charge in [-0.3, -0.25) is 0 Å². The first kappa shape index (κ1) is 23.1. The standard InChI is InChI=1S/C30H28F2N2O/c1-16-11-25(24-8-6-7-22-17(2)15-33-28(22)24)23(10-9-19-12-20(31)14-21(32)13-19)26-18(3)29(35)30(4,5)34-27(16)26/h6-8,11-15,18,29,33-35H,1-5H3/t18-,29?/m0/s1. The predicted molar refractivity (Wildman–Crippen MR) is 138 cm³/mol. The zero-order valence-electron chi connectivity index (χ0n) is 20.5. The number of anilines is 1. The van der Waals surface area contributed by atoms with Crippen molar-refractivity contribution in [3.63, 3.8) is 0 Å². The summed E-state index contributed by atoms with van der Waals surface area (Å²) >= 11 is 0. The van der Waals surface area contributed by atoms with Crippen LogP contribution in [0.15, 0.2) is 48.7 Å². The Hall–Kier alpha value is -3.62. The molecule has 1 unspecified atom stereocenters. The Bertz CT molecular complexity index is 1520. The summed E-state index contributed by atoms with van der Waals surface area (Å²) in [4.78, 5) is 3.39. The van der Waals surface area contributed by atoms with Gasteiger partial charge in [0.2, 0.25) is 0 Å². The Morgan fingerprint density at radius 2 is 1.66 bits per heavy atom. The molecule has 0 saturated heterocycles. The maximum atomic E-state index is 13.8. The lowest BCUT2D eigenvalue weighted by molar-refractivity contribution is 0.0868. The van der Waals surface area contributed by atoms with Crippen molar-refractivity contribution < 1.29 is 13.9 Å². The summed E-state index contributed by atoms with van der Waals surface area (Å²) < 4.78 is 27.7. The molecule has 1 aliphatic heterocycles. The number of aromatic amines is 1. The zero-order valence-corrected chi connectivity index (χ0v) is 20.5. The third kappa shape index (κ3) is 3.88. The molecule has 0 spiro atoms. The molecule has 0 bridgehead atoms. The van der Waals surface area contributed by atoms with Gasteiger partial charge in [-0.15, -0.1) is 0 Å². The lowest BCUT2D eigenvalue weighted by Crippen LogP contribution is -2.50. The van der Waals surface area contributed by atoms with Crippen molar-refractivity contribution >= 4 is 16.6 Å². The Morgan fingerprint density at radius 3 is 2.37 bits per heavy atom. The van der Waals surface area contributed by atoms with E-state index in [0.717, 1.165) is 56.0 Å². The van der Waals surface area contributed by atoms with E-state index < -0.39 is 23.3 Å². The summed E-state index contributed by atoms with van der Waals surface area (Å²) in [7, 11) is 0. The van der Waals surface area contributed by atoms with Crippen LogP contribution in [0.3, 0.4) is 0 Å². The van der Waals surface area contributed by atoms with Gasteiger partial charge in [0.25, 0.3) is 0 Å². The monoisotopic (exact) mass is 470 g/mol. The summed E-state index contributed by atoms with van der Waals surface area (Å²) in [6.45, 7) is 10.1. The highest BCUT2D eigenvalue weighted by molar-refractivity contribution is 5.98. The van der Waals surface area contributed by atoms with Gasteiger partial charge in [0.1, 0.15) is 11.6 Å². The fourth-order valence-electron chi connectivity index (χ4n) is 5.27. The molecule has 0 amide bonds. The number of benzene rings is 3. The molecule has 1 aliphatic rings. The first-order valence-electron chi connectivity index (χ1n) is 11.8. The summed E-state index contributed by atoms with van der Waals surface area (Å²) in [6, 6.07) is 11.5. The molecule has 0 aliphatic carbocycles. The average Bonchev–Trinajstić information content (AvgIpc) is 3.17. The van der Waals surface area contributed by atoms with E-state index in [1.807, 2.05) is 39.1 Å². The molecule has 3 aromatic carbocycles. The third-order valence-corrected chi connectivity index (χ3v) is 7.09. The van der Waals surface area contributed by atoms with Crippen molar-refractivity contribution in [2.45, 2.75) is 52.2 Å².